The number of rotatable bonds is 1. The zero-order chi connectivity index (χ0) is 21.3. The average molecular weight is 445 g/mol. The summed E-state index contributed by atoms with van der Waals surface area (Å²) in [6.07, 6.45) is 6.03. The molecule has 3 aliphatic heterocycles. The zero-order valence-corrected chi connectivity index (χ0v) is 18.6. The molecule has 0 N–H and O–H groups in total. The molecule has 1 aliphatic carbocycles. The molecule has 2 aromatic carbocycles. The number of hydrogen-bond donors (Lipinski definition) is 0. The van der Waals surface area contributed by atoms with E-state index in [1.807, 2.05) is 0 Å². The Hall–Kier alpha value is -2.63. The summed E-state index contributed by atoms with van der Waals surface area (Å²) < 4.78 is 19.6. The van der Waals surface area contributed by atoms with Crippen LogP contribution in [0.5, 0.6) is 0 Å². The lowest BCUT2D eigenvalue weighted by molar-refractivity contribution is -0.277. The molecule has 3 aromatic rings. The van der Waals surface area contributed by atoms with Crippen LogP contribution in [0.15, 0.2) is 64.6 Å². The van der Waals surface area contributed by atoms with E-state index in [0.29, 0.717) is 18.4 Å². The molecule has 4 aliphatic rings. The van der Waals surface area contributed by atoms with Crippen molar-refractivity contribution in [3.8, 4) is 0 Å². The fourth-order valence-corrected chi connectivity index (χ4v) is 6.82. The Kier molecular flexibility index (Phi) is 3.95. The van der Waals surface area contributed by atoms with Crippen molar-refractivity contribution in [2.45, 2.75) is 62.4 Å². The highest BCUT2D eigenvalue weighted by Gasteiger charge is 2.56. The molecule has 1 aromatic heterocycles. The highest BCUT2D eigenvalue weighted by atomic mass is 32.1. The molecule has 32 heavy (non-hydrogen) atoms. The number of carbonyl (C=O) groups excluding carboxylic acids is 1. The van der Waals surface area contributed by atoms with Gasteiger partial charge in [-0.25, -0.2) is 4.79 Å². The Balaban J connectivity index is 1.44. The van der Waals surface area contributed by atoms with E-state index in [2.05, 4.69) is 53.2 Å². The molecule has 1 saturated carbocycles. The van der Waals surface area contributed by atoms with E-state index in [-0.39, 0.29) is 5.97 Å². The van der Waals surface area contributed by atoms with Crippen molar-refractivity contribution in [1.82, 2.24) is 0 Å². The normalized spacial score (nSPS) is 28.1. The van der Waals surface area contributed by atoms with Crippen molar-refractivity contribution in [3.05, 3.63) is 81.2 Å². The largest absolute Gasteiger partial charge is 0.461 e. The summed E-state index contributed by atoms with van der Waals surface area (Å²) in [6.45, 7) is 0. The van der Waals surface area contributed by atoms with E-state index in [9.17, 15) is 4.79 Å². The number of carbonyl (C=O) groups is 1. The number of esters is 1. The van der Waals surface area contributed by atoms with E-state index in [4.69, 9.17) is 14.2 Å². The van der Waals surface area contributed by atoms with Crippen molar-refractivity contribution in [2.75, 3.05) is 0 Å². The molecule has 7 rings (SSSR count). The van der Waals surface area contributed by atoms with Gasteiger partial charge in [0.05, 0.1) is 0 Å². The molecule has 0 amide bonds. The first kappa shape index (κ1) is 18.9. The van der Waals surface area contributed by atoms with Gasteiger partial charge >= 0.3 is 5.97 Å². The lowest BCUT2D eigenvalue weighted by atomic mass is 9.76. The summed E-state index contributed by atoms with van der Waals surface area (Å²) in [5, 5.41) is 6.55. The minimum atomic E-state index is -0.909. The topological polar surface area (TPSA) is 44.8 Å². The first-order valence-corrected chi connectivity index (χ1v) is 12.5. The van der Waals surface area contributed by atoms with Gasteiger partial charge in [0.1, 0.15) is 23.0 Å². The summed E-state index contributed by atoms with van der Waals surface area (Å²) in [5.41, 5.74) is 3.42. The van der Waals surface area contributed by atoms with Gasteiger partial charge < -0.3 is 14.2 Å². The molecule has 4 heterocycles. The van der Waals surface area contributed by atoms with Crippen LogP contribution in [0.2, 0.25) is 0 Å². The van der Waals surface area contributed by atoms with Crippen LogP contribution in [0.3, 0.4) is 0 Å². The molecule has 162 valence electrons. The fraction of sp³-hybridized carbons (Fsp3) is 0.370. The Labute approximate surface area is 190 Å². The van der Waals surface area contributed by atoms with Gasteiger partial charge in [0.25, 0.3) is 0 Å². The molecule has 0 unspecified atom stereocenters. The summed E-state index contributed by atoms with van der Waals surface area (Å²) in [4.78, 5) is 13.4. The number of hydrogen-bond acceptors (Lipinski definition) is 5. The van der Waals surface area contributed by atoms with E-state index < -0.39 is 17.5 Å². The highest BCUT2D eigenvalue weighted by Crippen LogP contribution is 2.56. The summed E-state index contributed by atoms with van der Waals surface area (Å²) >= 11 is 1.64. The second-order valence-corrected chi connectivity index (χ2v) is 10.3. The van der Waals surface area contributed by atoms with Gasteiger partial charge in [0.15, 0.2) is 0 Å². The maximum absolute atomic E-state index is 13.4. The average Bonchev–Trinajstić information content (AvgIpc) is 3.35. The third-order valence-electron chi connectivity index (χ3n) is 7.67. The SMILES string of the molecule is O=C1OC2(CCCCC2)CC2=C1[C@H]1O[C@](c3ccsc3)(Cc3c1ccc1ccccc31)O2. The van der Waals surface area contributed by atoms with Crippen LogP contribution in [-0.4, -0.2) is 11.6 Å². The number of benzene rings is 2. The summed E-state index contributed by atoms with van der Waals surface area (Å²) in [5.74, 6) is -0.392. The van der Waals surface area contributed by atoms with Gasteiger partial charge in [-0.15, -0.1) is 0 Å². The highest BCUT2D eigenvalue weighted by molar-refractivity contribution is 7.08. The maximum Gasteiger partial charge on any atom is 0.341 e. The molecule has 1 fully saturated rings. The minimum absolute atomic E-state index is 0.266. The monoisotopic (exact) mass is 444 g/mol. The van der Waals surface area contributed by atoms with Crippen LogP contribution in [0.4, 0.5) is 0 Å². The molecule has 1 spiro atoms. The first-order valence-electron chi connectivity index (χ1n) is 11.5. The minimum Gasteiger partial charge on any atom is -0.461 e. The third kappa shape index (κ3) is 2.61. The molecule has 4 nitrogen and oxygen atoms in total. The fourth-order valence-electron chi connectivity index (χ4n) is 6.12. The van der Waals surface area contributed by atoms with Crippen LogP contribution in [0.25, 0.3) is 10.8 Å². The molecule has 2 bridgehead atoms. The summed E-state index contributed by atoms with van der Waals surface area (Å²) in [6, 6.07) is 14.7. The number of thiophene rings is 1. The standard InChI is InChI=1S/C27H24O4S/c28-25-23-22(15-26(31-25)11-4-1-5-12-26)29-27(18-10-13-32-16-18)14-21-19-7-3-2-6-17(19)8-9-20(21)24(23)30-27/h2-3,6-10,13,16,24H,1,4-5,11-12,14-15H2/t24-,27-/m0/s1. The van der Waals surface area contributed by atoms with Gasteiger partial charge in [0, 0.05) is 23.8 Å². The van der Waals surface area contributed by atoms with Crippen LogP contribution in [0, 0.1) is 0 Å². The number of ether oxygens (including phenoxy) is 3. The van der Waals surface area contributed by atoms with Gasteiger partial charge in [-0.05, 0) is 59.0 Å². The van der Waals surface area contributed by atoms with Gasteiger partial charge in [0.2, 0.25) is 5.79 Å². The predicted octanol–water partition coefficient (Wildman–Crippen LogP) is 6.30. The molecular formula is C27H24O4S. The van der Waals surface area contributed by atoms with Crippen molar-refractivity contribution in [2.24, 2.45) is 0 Å². The second kappa shape index (κ2) is 6.69. The first-order chi connectivity index (χ1) is 15.7. The Bertz CT molecular complexity index is 1270. The van der Waals surface area contributed by atoms with Crippen molar-refractivity contribution in [1.29, 1.82) is 0 Å². The van der Waals surface area contributed by atoms with E-state index in [1.165, 1.54) is 22.8 Å². The van der Waals surface area contributed by atoms with Gasteiger partial charge in [-0.2, -0.15) is 11.3 Å². The molecule has 0 saturated heterocycles. The third-order valence-corrected chi connectivity index (χ3v) is 8.35. The van der Waals surface area contributed by atoms with Crippen LogP contribution in [0.1, 0.15) is 61.3 Å². The van der Waals surface area contributed by atoms with Crippen molar-refractivity contribution >= 4 is 28.1 Å². The second-order valence-electron chi connectivity index (χ2n) is 9.54. The maximum atomic E-state index is 13.4. The van der Waals surface area contributed by atoms with Crippen LogP contribution < -0.4 is 0 Å². The smallest absolute Gasteiger partial charge is 0.341 e. The van der Waals surface area contributed by atoms with Crippen LogP contribution >= 0.6 is 11.3 Å². The molecule has 2 atom stereocenters. The molecular weight excluding hydrogens is 420 g/mol. The quantitative estimate of drug-likeness (QED) is 0.413. The molecule has 5 heteroatoms. The lowest BCUT2D eigenvalue weighted by Crippen LogP contribution is -2.50. The zero-order valence-electron chi connectivity index (χ0n) is 17.8. The van der Waals surface area contributed by atoms with Crippen LogP contribution in [-0.2, 0) is 31.2 Å². The van der Waals surface area contributed by atoms with Gasteiger partial charge in [-0.1, -0.05) is 42.8 Å². The van der Waals surface area contributed by atoms with Crippen molar-refractivity contribution < 1.29 is 19.0 Å². The summed E-state index contributed by atoms with van der Waals surface area (Å²) in [7, 11) is 0. The predicted molar refractivity (Wildman–Crippen MR) is 122 cm³/mol. The Morgan fingerprint density at radius 3 is 2.66 bits per heavy atom. The number of fused-ring (bicyclic) bond motifs is 7. The Morgan fingerprint density at radius 2 is 1.81 bits per heavy atom. The molecule has 0 radical (unpaired) electrons. The van der Waals surface area contributed by atoms with E-state index in [0.717, 1.165) is 42.6 Å². The van der Waals surface area contributed by atoms with Gasteiger partial charge in [-0.3, -0.25) is 0 Å². The Morgan fingerprint density at radius 1 is 0.938 bits per heavy atom. The lowest BCUT2D eigenvalue weighted by Gasteiger charge is -2.51. The van der Waals surface area contributed by atoms with Crippen molar-refractivity contribution in [3.63, 3.8) is 0 Å². The van der Waals surface area contributed by atoms with E-state index >= 15 is 0 Å². The van der Waals surface area contributed by atoms with E-state index in [1.54, 1.807) is 11.3 Å².